The highest BCUT2D eigenvalue weighted by Crippen LogP contribution is 2.57. The first-order valence-electron chi connectivity index (χ1n) is 14.4. The van der Waals surface area contributed by atoms with E-state index >= 15 is 4.39 Å². The summed E-state index contributed by atoms with van der Waals surface area (Å²) in [4.78, 5) is 30.5. The average molecular weight is 539 g/mol. The van der Waals surface area contributed by atoms with Gasteiger partial charge in [-0.05, 0) is 68.1 Å². The third-order valence-corrected chi connectivity index (χ3v) is 9.50. The number of likely N-dealkylation sites (tertiary alicyclic amines) is 2. The predicted octanol–water partition coefficient (Wildman–Crippen LogP) is 3.26. The van der Waals surface area contributed by atoms with Crippen molar-refractivity contribution in [2.24, 2.45) is 5.92 Å². The quantitative estimate of drug-likeness (QED) is 0.585. The summed E-state index contributed by atoms with van der Waals surface area (Å²) in [6.45, 7) is 6.33. The molecule has 0 spiro atoms. The molecule has 1 aromatic heterocycles. The fourth-order valence-corrected chi connectivity index (χ4v) is 6.92. The van der Waals surface area contributed by atoms with E-state index in [1.165, 1.54) is 0 Å². The lowest BCUT2D eigenvalue weighted by atomic mass is 9.82. The first kappa shape index (κ1) is 26.4. The third kappa shape index (κ3) is 4.88. The number of aliphatic hydroxyl groups is 1. The minimum absolute atomic E-state index is 0.00245. The van der Waals surface area contributed by atoms with Crippen LogP contribution >= 0.6 is 0 Å². The van der Waals surface area contributed by atoms with Gasteiger partial charge in [0, 0.05) is 50.3 Å². The lowest BCUT2D eigenvalue weighted by Gasteiger charge is -2.37. The van der Waals surface area contributed by atoms with Gasteiger partial charge in [-0.1, -0.05) is 18.2 Å². The van der Waals surface area contributed by atoms with E-state index in [2.05, 4.69) is 0 Å². The van der Waals surface area contributed by atoms with Gasteiger partial charge >= 0.3 is 0 Å². The van der Waals surface area contributed by atoms with E-state index in [-0.39, 0.29) is 43.9 Å². The molecule has 0 bridgehead atoms. The number of halogens is 1. The van der Waals surface area contributed by atoms with Crippen LogP contribution in [0.2, 0.25) is 0 Å². The zero-order valence-electron chi connectivity index (χ0n) is 23.0. The van der Waals surface area contributed by atoms with E-state index in [1.807, 2.05) is 36.9 Å². The van der Waals surface area contributed by atoms with Gasteiger partial charge in [-0.3, -0.25) is 14.3 Å². The van der Waals surface area contributed by atoms with Crippen molar-refractivity contribution in [2.45, 2.75) is 76.6 Å². The molecule has 1 aromatic carbocycles. The van der Waals surface area contributed by atoms with Gasteiger partial charge in [0.15, 0.2) is 5.69 Å². The molecule has 9 heteroatoms. The number of benzene rings is 1. The van der Waals surface area contributed by atoms with E-state index in [4.69, 9.17) is 14.9 Å². The molecule has 210 valence electrons. The molecule has 2 amide bonds. The number of rotatable bonds is 7. The summed E-state index contributed by atoms with van der Waals surface area (Å²) in [5.41, 5.74) is 3.98. The maximum atomic E-state index is 16.0. The lowest BCUT2D eigenvalue weighted by Crippen LogP contribution is -2.45. The van der Waals surface area contributed by atoms with Gasteiger partial charge in [0.1, 0.15) is 12.2 Å². The number of ether oxygens (including phenoxy) is 1. The van der Waals surface area contributed by atoms with Crippen LogP contribution in [-0.2, 0) is 28.2 Å². The Kier molecular flexibility index (Phi) is 7.00. The third-order valence-electron chi connectivity index (χ3n) is 9.50. The van der Waals surface area contributed by atoms with Crippen LogP contribution in [0.15, 0.2) is 18.2 Å². The van der Waals surface area contributed by atoms with Gasteiger partial charge in [-0.25, -0.2) is 4.39 Å². The Bertz CT molecular complexity index is 1260. The second-order valence-electron chi connectivity index (χ2n) is 11.9. The largest absolute Gasteiger partial charge is 0.394 e. The van der Waals surface area contributed by atoms with Gasteiger partial charge in [0.05, 0.1) is 19.3 Å². The Labute approximate surface area is 229 Å². The number of nitrogens with zero attached hydrogens (tertiary/aromatic N) is 4. The Morgan fingerprint density at radius 1 is 1.13 bits per heavy atom. The predicted molar refractivity (Wildman–Crippen MR) is 143 cm³/mol. The number of hydrogen-bond donors (Lipinski definition) is 1. The van der Waals surface area contributed by atoms with E-state index in [9.17, 15) is 9.59 Å². The van der Waals surface area contributed by atoms with Gasteiger partial charge in [-0.2, -0.15) is 5.10 Å². The van der Waals surface area contributed by atoms with Crippen LogP contribution in [-0.4, -0.2) is 82.0 Å². The first-order chi connectivity index (χ1) is 18.8. The summed E-state index contributed by atoms with van der Waals surface area (Å²) in [6, 6.07) is 5.79. The van der Waals surface area contributed by atoms with Crippen molar-refractivity contribution >= 4 is 11.8 Å². The zero-order chi connectivity index (χ0) is 27.3. The number of aliphatic hydroxyl groups excluding tert-OH is 1. The number of carbonyl (C=O) groups excluding carboxylic acids is 2. The summed E-state index contributed by atoms with van der Waals surface area (Å²) >= 11 is 0. The smallest absolute Gasteiger partial charge is 0.274 e. The zero-order valence-corrected chi connectivity index (χ0v) is 23.0. The molecule has 2 saturated heterocycles. The number of aryl methyl sites for hydroxylation is 1. The summed E-state index contributed by atoms with van der Waals surface area (Å²) < 4.78 is 23.4. The Hall–Kier alpha value is -2.78. The van der Waals surface area contributed by atoms with E-state index in [0.717, 1.165) is 53.6 Å². The minimum atomic E-state index is -1.42. The van der Waals surface area contributed by atoms with Gasteiger partial charge in [0.2, 0.25) is 5.91 Å². The summed E-state index contributed by atoms with van der Waals surface area (Å²) in [5, 5.41) is 13.7. The molecule has 2 aliphatic carbocycles. The van der Waals surface area contributed by atoms with Gasteiger partial charge < -0.3 is 19.6 Å². The standard InChI is InChI=1S/C30H39FN4O4/c1-19-4-3-5-24(20(19)2)30(31)8-12-33(13-9-30)26(37)18-35-25-17-21-16-23(21)27(25)28(32-35)29(38)34-10-6-22(7-11-34)39-15-14-36/h3-5,21-23,36H,6-18H2,1-2H3/t21-,23-/m1/s1. The number of piperidine rings is 2. The lowest BCUT2D eigenvalue weighted by molar-refractivity contribution is -0.134. The molecule has 1 saturated carbocycles. The van der Waals surface area contributed by atoms with Gasteiger partial charge in [0.25, 0.3) is 5.91 Å². The van der Waals surface area contributed by atoms with Crippen LogP contribution in [0.3, 0.4) is 0 Å². The molecule has 2 atom stereocenters. The molecule has 0 unspecified atom stereocenters. The molecule has 2 aromatic rings. The molecule has 39 heavy (non-hydrogen) atoms. The van der Waals surface area contributed by atoms with Crippen molar-refractivity contribution < 1.29 is 23.8 Å². The van der Waals surface area contributed by atoms with Crippen molar-refractivity contribution in [1.82, 2.24) is 19.6 Å². The second-order valence-corrected chi connectivity index (χ2v) is 11.9. The molecular formula is C30H39FN4O4. The highest BCUT2D eigenvalue weighted by molar-refractivity contribution is 5.95. The maximum absolute atomic E-state index is 16.0. The topological polar surface area (TPSA) is 87.9 Å². The normalized spacial score (nSPS) is 24.0. The monoisotopic (exact) mass is 538 g/mol. The van der Waals surface area contributed by atoms with E-state index < -0.39 is 5.67 Å². The summed E-state index contributed by atoms with van der Waals surface area (Å²) in [7, 11) is 0. The number of aromatic nitrogens is 2. The van der Waals surface area contributed by atoms with E-state index in [1.54, 1.807) is 9.58 Å². The fraction of sp³-hybridized carbons (Fsp3) is 0.633. The van der Waals surface area contributed by atoms with Gasteiger partial charge in [-0.15, -0.1) is 0 Å². The molecule has 0 radical (unpaired) electrons. The number of hydrogen-bond acceptors (Lipinski definition) is 5. The van der Waals surface area contributed by atoms with E-state index in [0.29, 0.717) is 50.3 Å². The van der Waals surface area contributed by atoms with Crippen molar-refractivity contribution in [3.05, 3.63) is 51.8 Å². The highest BCUT2D eigenvalue weighted by atomic mass is 19.1. The minimum Gasteiger partial charge on any atom is -0.394 e. The average Bonchev–Trinajstić information content (AvgIpc) is 3.47. The summed E-state index contributed by atoms with van der Waals surface area (Å²) in [6.07, 6.45) is 4.08. The molecule has 3 fully saturated rings. The SMILES string of the molecule is Cc1cccc(C2(F)CCN(C(=O)Cn3nc(C(=O)N4CCC(OCCO)CC4)c4c3C[C@H]3C[C@@H]43)CC2)c1C. The van der Waals surface area contributed by atoms with Crippen LogP contribution in [0.4, 0.5) is 4.39 Å². The number of alkyl halides is 1. The van der Waals surface area contributed by atoms with Crippen LogP contribution < -0.4 is 0 Å². The Morgan fingerprint density at radius 2 is 1.87 bits per heavy atom. The molecule has 3 heterocycles. The molecular weight excluding hydrogens is 499 g/mol. The summed E-state index contributed by atoms with van der Waals surface area (Å²) in [5.74, 6) is 0.820. The fourth-order valence-electron chi connectivity index (χ4n) is 6.92. The number of amides is 2. The Morgan fingerprint density at radius 3 is 2.59 bits per heavy atom. The molecule has 2 aliphatic heterocycles. The molecule has 4 aliphatic rings. The van der Waals surface area contributed by atoms with Crippen molar-refractivity contribution in [1.29, 1.82) is 0 Å². The van der Waals surface area contributed by atoms with Crippen LogP contribution in [0.5, 0.6) is 0 Å². The second kappa shape index (κ2) is 10.3. The number of carbonyl (C=O) groups is 2. The van der Waals surface area contributed by atoms with Crippen molar-refractivity contribution in [2.75, 3.05) is 39.4 Å². The van der Waals surface area contributed by atoms with Crippen LogP contribution in [0.1, 0.15) is 76.5 Å². The van der Waals surface area contributed by atoms with Crippen molar-refractivity contribution in [3.63, 3.8) is 0 Å². The van der Waals surface area contributed by atoms with Crippen molar-refractivity contribution in [3.8, 4) is 0 Å². The number of fused-ring (bicyclic) bond motifs is 3. The first-order valence-corrected chi connectivity index (χ1v) is 14.4. The maximum Gasteiger partial charge on any atom is 0.274 e. The highest BCUT2D eigenvalue weighted by Gasteiger charge is 2.51. The van der Waals surface area contributed by atoms with Crippen LogP contribution in [0.25, 0.3) is 0 Å². The van der Waals surface area contributed by atoms with Crippen LogP contribution in [0, 0.1) is 19.8 Å². The molecule has 1 N–H and O–H groups in total. The molecule has 8 nitrogen and oxygen atoms in total. The Balaban J connectivity index is 1.12. The molecule has 6 rings (SSSR count).